The minimum Gasteiger partial charge on any atom is -0.352 e. The van der Waals surface area contributed by atoms with E-state index in [-0.39, 0.29) is 11.9 Å². The number of carbonyl (C=O) groups is 1. The predicted molar refractivity (Wildman–Crippen MR) is 112 cm³/mol. The minimum absolute atomic E-state index is 0.0407. The van der Waals surface area contributed by atoms with Crippen LogP contribution in [0.3, 0.4) is 0 Å². The molecule has 0 saturated heterocycles. The van der Waals surface area contributed by atoms with Crippen LogP contribution in [0, 0.1) is 0 Å². The molecule has 0 heterocycles. The molecule has 1 unspecified atom stereocenters. The highest BCUT2D eigenvalue weighted by atomic mass is 35.5. The normalized spacial score (nSPS) is 12.4. The van der Waals surface area contributed by atoms with Crippen LogP contribution in [-0.4, -0.2) is 25.0 Å². The average Bonchev–Trinajstić information content (AvgIpc) is 2.69. The summed E-state index contributed by atoms with van der Waals surface area (Å²) in [4.78, 5) is 16.3. The number of nitrogens with zero attached hydrogens (tertiary/aromatic N) is 1. The highest BCUT2D eigenvalue weighted by Gasteiger charge is 2.08. The van der Waals surface area contributed by atoms with Gasteiger partial charge in [0.2, 0.25) is 0 Å². The molecule has 2 aromatic carbocycles. The Balaban J connectivity index is 1.85. The standard InChI is InChI=1S/C21H27ClN4O/c1-4-15(2)26-20(27)17-11-9-16(10-12-17)13-24-21(23-3)25-14-18-7-5-6-8-19(18)22/h5-12,15H,4,13-14H2,1-3H3,(H,26,27)(H2,23,24,25). The lowest BCUT2D eigenvalue weighted by molar-refractivity contribution is 0.0939. The van der Waals surface area contributed by atoms with Crippen molar-refractivity contribution in [2.75, 3.05) is 7.05 Å². The van der Waals surface area contributed by atoms with Crippen LogP contribution in [0.15, 0.2) is 53.5 Å². The number of amides is 1. The molecule has 0 spiro atoms. The number of benzene rings is 2. The molecular formula is C21H27ClN4O. The van der Waals surface area contributed by atoms with E-state index in [2.05, 4.69) is 20.9 Å². The number of halogens is 1. The van der Waals surface area contributed by atoms with Crippen molar-refractivity contribution in [3.63, 3.8) is 0 Å². The first-order chi connectivity index (χ1) is 13.0. The van der Waals surface area contributed by atoms with Gasteiger partial charge in [0.15, 0.2) is 5.96 Å². The molecule has 27 heavy (non-hydrogen) atoms. The van der Waals surface area contributed by atoms with Gasteiger partial charge in [0.05, 0.1) is 0 Å². The molecule has 2 aromatic rings. The molecule has 1 atom stereocenters. The van der Waals surface area contributed by atoms with Crippen LogP contribution in [0.5, 0.6) is 0 Å². The summed E-state index contributed by atoms with van der Waals surface area (Å²) < 4.78 is 0. The summed E-state index contributed by atoms with van der Waals surface area (Å²) in [7, 11) is 1.73. The summed E-state index contributed by atoms with van der Waals surface area (Å²) in [6.07, 6.45) is 0.911. The smallest absolute Gasteiger partial charge is 0.251 e. The van der Waals surface area contributed by atoms with Crippen LogP contribution in [-0.2, 0) is 13.1 Å². The fraction of sp³-hybridized carbons (Fsp3) is 0.333. The quantitative estimate of drug-likeness (QED) is 0.501. The third-order valence-corrected chi connectivity index (χ3v) is 4.66. The van der Waals surface area contributed by atoms with Gasteiger partial charge in [0, 0.05) is 36.8 Å². The lowest BCUT2D eigenvalue weighted by atomic mass is 10.1. The molecule has 2 rings (SSSR count). The van der Waals surface area contributed by atoms with E-state index in [1.807, 2.05) is 62.4 Å². The van der Waals surface area contributed by atoms with Crippen molar-refractivity contribution < 1.29 is 4.79 Å². The van der Waals surface area contributed by atoms with E-state index < -0.39 is 0 Å². The third kappa shape index (κ3) is 6.61. The summed E-state index contributed by atoms with van der Waals surface area (Å²) in [5, 5.41) is 10.2. The van der Waals surface area contributed by atoms with E-state index in [1.54, 1.807) is 7.05 Å². The molecule has 5 nitrogen and oxygen atoms in total. The Bertz CT molecular complexity index is 774. The predicted octanol–water partition coefficient (Wildman–Crippen LogP) is 3.73. The highest BCUT2D eigenvalue weighted by molar-refractivity contribution is 6.31. The fourth-order valence-corrected chi connectivity index (χ4v) is 2.61. The van der Waals surface area contributed by atoms with Crippen LogP contribution in [0.2, 0.25) is 5.02 Å². The fourth-order valence-electron chi connectivity index (χ4n) is 2.41. The van der Waals surface area contributed by atoms with Crippen LogP contribution < -0.4 is 16.0 Å². The maximum absolute atomic E-state index is 12.1. The second-order valence-corrected chi connectivity index (χ2v) is 6.76. The van der Waals surface area contributed by atoms with Gasteiger partial charge in [-0.3, -0.25) is 9.79 Å². The number of hydrogen-bond donors (Lipinski definition) is 3. The first-order valence-corrected chi connectivity index (χ1v) is 9.49. The number of hydrogen-bond acceptors (Lipinski definition) is 2. The van der Waals surface area contributed by atoms with Crippen LogP contribution >= 0.6 is 11.6 Å². The minimum atomic E-state index is -0.0407. The van der Waals surface area contributed by atoms with E-state index in [1.165, 1.54) is 0 Å². The van der Waals surface area contributed by atoms with E-state index in [4.69, 9.17) is 11.6 Å². The van der Waals surface area contributed by atoms with Gasteiger partial charge in [-0.05, 0) is 42.7 Å². The SMILES string of the molecule is CCC(C)NC(=O)c1ccc(CNC(=NC)NCc2ccccc2Cl)cc1. The number of guanidine groups is 1. The topological polar surface area (TPSA) is 65.5 Å². The zero-order valence-corrected chi connectivity index (χ0v) is 16.8. The van der Waals surface area contributed by atoms with Crippen molar-refractivity contribution in [1.29, 1.82) is 0 Å². The molecule has 144 valence electrons. The molecule has 0 radical (unpaired) electrons. The average molecular weight is 387 g/mol. The van der Waals surface area contributed by atoms with Crippen molar-refractivity contribution >= 4 is 23.5 Å². The van der Waals surface area contributed by atoms with Gasteiger partial charge in [-0.15, -0.1) is 0 Å². The molecule has 3 N–H and O–H groups in total. The molecule has 0 bridgehead atoms. The van der Waals surface area contributed by atoms with Gasteiger partial charge >= 0.3 is 0 Å². The highest BCUT2D eigenvalue weighted by Crippen LogP contribution is 2.14. The second kappa shape index (κ2) is 10.6. The van der Waals surface area contributed by atoms with Crippen molar-refractivity contribution in [3.05, 3.63) is 70.2 Å². The molecule has 0 aromatic heterocycles. The van der Waals surface area contributed by atoms with E-state index >= 15 is 0 Å². The first kappa shape index (κ1) is 20.8. The molecule has 0 aliphatic carbocycles. The molecule has 0 aliphatic heterocycles. The molecular weight excluding hydrogens is 360 g/mol. The summed E-state index contributed by atoms with van der Waals surface area (Å²) >= 11 is 6.17. The van der Waals surface area contributed by atoms with Gasteiger partial charge in [-0.25, -0.2) is 0 Å². The molecule has 0 aliphatic rings. The third-order valence-electron chi connectivity index (χ3n) is 4.29. The van der Waals surface area contributed by atoms with Gasteiger partial charge in [-0.1, -0.05) is 48.9 Å². The Kier molecular flexibility index (Phi) is 8.14. The van der Waals surface area contributed by atoms with Crippen LogP contribution in [0.25, 0.3) is 0 Å². The summed E-state index contributed by atoms with van der Waals surface area (Å²) in [5.74, 6) is 0.648. The van der Waals surface area contributed by atoms with Crippen LogP contribution in [0.4, 0.5) is 0 Å². The molecule has 6 heteroatoms. The monoisotopic (exact) mass is 386 g/mol. The zero-order valence-electron chi connectivity index (χ0n) is 16.1. The second-order valence-electron chi connectivity index (χ2n) is 6.35. The van der Waals surface area contributed by atoms with Crippen LogP contribution in [0.1, 0.15) is 41.8 Å². The van der Waals surface area contributed by atoms with E-state index in [0.717, 1.165) is 22.6 Å². The Morgan fingerprint density at radius 2 is 1.74 bits per heavy atom. The van der Waals surface area contributed by atoms with Gasteiger partial charge < -0.3 is 16.0 Å². The van der Waals surface area contributed by atoms with Crippen molar-refractivity contribution in [2.45, 2.75) is 39.4 Å². The lowest BCUT2D eigenvalue weighted by Crippen LogP contribution is -2.36. The van der Waals surface area contributed by atoms with Gasteiger partial charge in [0.1, 0.15) is 0 Å². The Hall–Kier alpha value is -2.53. The van der Waals surface area contributed by atoms with Crippen molar-refractivity contribution in [3.8, 4) is 0 Å². The maximum Gasteiger partial charge on any atom is 0.251 e. The van der Waals surface area contributed by atoms with Gasteiger partial charge in [-0.2, -0.15) is 0 Å². The van der Waals surface area contributed by atoms with Crippen molar-refractivity contribution in [2.24, 2.45) is 4.99 Å². The Labute approximate surface area is 166 Å². The Morgan fingerprint density at radius 1 is 1.07 bits per heavy atom. The van der Waals surface area contributed by atoms with E-state index in [9.17, 15) is 4.79 Å². The number of rotatable bonds is 7. The Morgan fingerprint density at radius 3 is 2.37 bits per heavy atom. The zero-order chi connectivity index (χ0) is 19.6. The lowest BCUT2D eigenvalue weighted by Gasteiger charge is -2.13. The number of carbonyl (C=O) groups excluding carboxylic acids is 1. The maximum atomic E-state index is 12.1. The number of aliphatic imine (C=N–C) groups is 1. The summed E-state index contributed by atoms with van der Waals surface area (Å²) in [6, 6.07) is 15.5. The largest absolute Gasteiger partial charge is 0.352 e. The molecule has 1 amide bonds. The molecule has 0 fully saturated rings. The van der Waals surface area contributed by atoms with E-state index in [0.29, 0.717) is 24.6 Å². The molecule has 0 saturated carbocycles. The van der Waals surface area contributed by atoms with Crippen molar-refractivity contribution in [1.82, 2.24) is 16.0 Å². The van der Waals surface area contributed by atoms with Gasteiger partial charge in [0.25, 0.3) is 5.91 Å². The number of nitrogens with one attached hydrogen (secondary N) is 3. The summed E-state index contributed by atoms with van der Waals surface area (Å²) in [5.41, 5.74) is 2.75. The summed E-state index contributed by atoms with van der Waals surface area (Å²) in [6.45, 7) is 5.24. The first-order valence-electron chi connectivity index (χ1n) is 9.11.